The summed E-state index contributed by atoms with van der Waals surface area (Å²) in [4.78, 5) is 2.43. The van der Waals surface area contributed by atoms with Crippen molar-refractivity contribution in [1.29, 1.82) is 0 Å². The van der Waals surface area contributed by atoms with Gasteiger partial charge in [-0.1, -0.05) is 0 Å². The lowest BCUT2D eigenvalue weighted by molar-refractivity contribution is 0.0971. The van der Waals surface area contributed by atoms with Crippen molar-refractivity contribution in [3.05, 3.63) is 0 Å². The van der Waals surface area contributed by atoms with Crippen molar-refractivity contribution >= 4 is 9.28 Å². The van der Waals surface area contributed by atoms with E-state index in [1.54, 1.807) is 0 Å². The van der Waals surface area contributed by atoms with E-state index in [1.165, 1.54) is 19.0 Å². The summed E-state index contributed by atoms with van der Waals surface area (Å²) in [6.07, 6.45) is 1.26. The lowest BCUT2D eigenvalue weighted by Crippen LogP contribution is -2.42. The van der Waals surface area contributed by atoms with Gasteiger partial charge < -0.3 is 8.85 Å². The van der Waals surface area contributed by atoms with Crippen LogP contribution in [-0.2, 0) is 8.85 Å². The predicted octanol–water partition coefficient (Wildman–Crippen LogP) is 0.227. The first-order chi connectivity index (χ1) is 5.45. The number of nitrogens with zero attached hydrogens (tertiary/aromatic N) is 1. The Morgan fingerprint density at radius 3 is 2.45 bits per heavy atom. The molecule has 3 rings (SSSR count). The minimum Gasteiger partial charge on any atom is -0.392 e. The van der Waals surface area contributed by atoms with Crippen LogP contribution in [0.25, 0.3) is 0 Å². The Hall–Kier alpha value is 0.0969. The van der Waals surface area contributed by atoms with E-state index in [0.29, 0.717) is 0 Å². The molecule has 0 aliphatic carbocycles. The maximum atomic E-state index is 5.59. The molecule has 0 N–H and O–H groups in total. The summed E-state index contributed by atoms with van der Waals surface area (Å²) in [6, 6.07) is 1.17. The minimum atomic E-state index is -0.847. The first-order valence-electron chi connectivity index (χ1n) is 4.29. The Balaban J connectivity index is 1.96. The number of hydrogen-bond donors (Lipinski definition) is 0. The van der Waals surface area contributed by atoms with Crippen molar-refractivity contribution in [2.75, 3.05) is 32.8 Å². The van der Waals surface area contributed by atoms with Crippen molar-refractivity contribution in [3.63, 3.8) is 0 Å². The average molecular weight is 172 g/mol. The zero-order valence-electron chi connectivity index (χ0n) is 6.71. The number of hydrogen-bond acceptors (Lipinski definition) is 3. The number of fused-ring (bicyclic) bond motifs is 6. The summed E-state index contributed by atoms with van der Waals surface area (Å²) in [5.74, 6) is 0. The molecular formula is C7H14NO2Si. The first-order valence-corrected chi connectivity index (χ1v) is 5.81. The highest BCUT2D eigenvalue weighted by molar-refractivity contribution is 6.44. The molecule has 0 atom stereocenters. The molecule has 3 fully saturated rings. The molecule has 0 amide bonds. The van der Waals surface area contributed by atoms with Crippen LogP contribution in [0.5, 0.6) is 0 Å². The van der Waals surface area contributed by atoms with Crippen molar-refractivity contribution < 1.29 is 8.85 Å². The molecule has 3 heterocycles. The van der Waals surface area contributed by atoms with E-state index in [9.17, 15) is 0 Å². The van der Waals surface area contributed by atoms with E-state index in [0.717, 1.165) is 26.3 Å². The molecule has 0 aromatic heterocycles. The third-order valence-electron chi connectivity index (χ3n) is 2.20. The highest BCUT2D eigenvalue weighted by Crippen LogP contribution is 2.10. The average Bonchev–Trinajstić information content (AvgIpc) is 1.80. The van der Waals surface area contributed by atoms with E-state index >= 15 is 0 Å². The zero-order chi connectivity index (χ0) is 7.52. The smallest absolute Gasteiger partial charge is 0.384 e. The van der Waals surface area contributed by atoms with Crippen molar-refractivity contribution in [2.45, 2.75) is 12.5 Å². The van der Waals surface area contributed by atoms with Gasteiger partial charge in [0.2, 0.25) is 0 Å². The Labute approximate surface area is 69.1 Å². The summed E-state index contributed by atoms with van der Waals surface area (Å²) in [5.41, 5.74) is 0. The topological polar surface area (TPSA) is 21.7 Å². The maximum absolute atomic E-state index is 5.59. The molecule has 0 aromatic carbocycles. The maximum Gasteiger partial charge on any atom is 0.384 e. The monoisotopic (exact) mass is 172 g/mol. The molecule has 0 aromatic rings. The molecule has 0 saturated carbocycles. The molecule has 63 valence electrons. The van der Waals surface area contributed by atoms with Crippen LogP contribution in [0, 0.1) is 0 Å². The van der Waals surface area contributed by atoms with Gasteiger partial charge in [-0.15, -0.1) is 0 Å². The fraction of sp³-hybridized carbons (Fsp3) is 1.00. The predicted molar refractivity (Wildman–Crippen MR) is 43.5 cm³/mol. The van der Waals surface area contributed by atoms with Crippen molar-refractivity contribution in [3.8, 4) is 0 Å². The lowest BCUT2D eigenvalue weighted by atomic mass is 10.4. The highest BCUT2D eigenvalue weighted by atomic mass is 28.3. The van der Waals surface area contributed by atoms with Gasteiger partial charge in [0.1, 0.15) is 0 Å². The van der Waals surface area contributed by atoms with Crippen LogP contribution >= 0.6 is 0 Å². The molecule has 0 unspecified atom stereocenters. The SMILES string of the molecule is C1CN2CCO[Si](C1)OCC2. The second-order valence-electron chi connectivity index (χ2n) is 3.01. The quantitative estimate of drug-likeness (QED) is 0.488. The summed E-state index contributed by atoms with van der Waals surface area (Å²) >= 11 is 0. The van der Waals surface area contributed by atoms with Crippen LogP contribution in [0.4, 0.5) is 0 Å². The molecule has 3 aliphatic heterocycles. The van der Waals surface area contributed by atoms with Gasteiger partial charge in [-0.25, -0.2) is 0 Å². The fourth-order valence-corrected chi connectivity index (χ4v) is 3.00. The molecule has 11 heavy (non-hydrogen) atoms. The third kappa shape index (κ3) is 2.02. The van der Waals surface area contributed by atoms with Gasteiger partial charge in [0.15, 0.2) is 0 Å². The second kappa shape index (κ2) is 3.67. The summed E-state index contributed by atoms with van der Waals surface area (Å²) in [6.45, 7) is 5.23. The van der Waals surface area contributed by atoms with Gasteiger partial charge in [-0.05, 0) is 19.0 Å². The second-order valence-corrected chi connectivity index (χ2v) is 4.84. The third-order valence-corrected chi connectivity index (χ3v) is 4.01. The van der Waals surface area contributed by atoms with Crippen LogP contribution in [-0.4, -0.2) is 47.0 Å². The van der Waals surface area contributed by atoms with Crippen molar-refractivity contribution in [2.24, 2.45) is 0 Å². The molecule has 1 radical (unpaired) electrons. The van der Waals surface area contributed by atoms with E-state index in [1.807, 2.05) is 0 Å². The van der Waals surface area contributed by atoms with Gasteiger partial charge in [-0.2, -0.15) is 0 Å². The van der Waals surface area contributed by atoms with Gasteiger partial charge in [0, 0.05) is 26.3 Å². The summed E-state index contributed by atoms with van der Waals surface area (Å²) < 4.78 is 11.2. The largest absolute Gasteiger partial charge is 0.392 e. The van der Waals surface area contributed by atoms with Crippen LogP contribution in [0.2, 0.25) is 6.04 Å². The summed E-state index contributed by atoms with van der Waals surface area (Å²) in [5, 5.41) is 0. The fourth-order valence-electron chi connectivity index (χ4n) is 1.55. The molecular weight excluding hydrogens is 158 g/mol. The van der Waals surface area contributed by atoms with Gasteiger partial charge >= 0.3 is 9.28 Å². The minimum absolute atomic E-state index is 0.847. The van der Waals surface area contributed by atoms with Gasteiger partial charge in [0.05, 0.1) is 0 Å². The molecule has 3 nitrogen and oxygen atoms in total. The van der Waals surface area contributed by atoms with Gasteiger partial charge in [0.25, 0.3) is 0 Å². The Kier molecular flexibility index (Phi) is 2.58. The molecule has 3 aliphatic rings. The lowest BCUT2D eigenvalue weighted by Gasteiger charge is -2.30. The standard InChI is InChI=1S/C7H14NO2Si/c1-2-8-3-5-9-11(7-1)10-6-4-8/h1-7H2. The van der Waals surface area contributed by atoms with Crippen molar-refractivity contribution in [1.82, 2.24) is 4.90 Å². The molecule has 3 saturated heterocycles. The molecule has 4 heteroatoms. The van der Waals surface area contributed by atoms with Crippen LogP contribution in [0.1, 0.15) is 6.42 Å². The van der Waals surface area contributed by atoms with Gasteiger partial charge in [-0.3, -0.25) is 4.90 Å². The molecule has 2 bridgehead atoms. The number of rotatable bonds is 0. The summed E-state index contributed by atoms with van der Waals surface area (Å²) in [7, 11) is -0.847. The van der Waals surface area contributed by atoms with Crippen LogP contribution in [0.15, 0.2) is 0 Å². The van der Waals surface area contributed by atoms with E-state index in [4.69, 9.17) is 8.85 Å². The van der Waals surface area contributed by atoms with E-state index < -0.39 is 9.28 Å². The van der Waals surface area contributed by atoms with E-state index in [2.05, 4.69) is 4.90 Å². The zero-order valence-corrected chi connectivity index (χ0v) is 7.71. The van der Waals surface area contributed by atoms with Crippen LogP contribution in [0.3, 0.4) is 0 Å². The van der Waals surface area contributed by atoms with E-state index in [-0.39, 0.29) is 0 Å². The molecule has 0 spiro atoms. The Morgan fingerprint density at radius 1 is 1.00 bits per heavy atom. The Morgan fingerprint density at radius 2 is 1.73 bits per heavy atom. The highest BCUT2D eigenvalue weighted by Gasteiger charge is 2.22. The first kappa shape index (κ1) is 7.73. The normalized spacial score (nSPS) is 29.5. The Bertz CT molecular complexity index is 97.8. The van der Waals surface area contributed by atoms with Crippen LogP contribution < -0.4 is 0 Å².